The highest BCUT2D eigenvalue weighted by Gasteiger charge is 2.21. The highest BCUT2D eigenvalue weighted by atomic mass is 35.5. The van der Waals surface area contributed by atoms with Gasteiger partial charge in [0.05, 0.1) is 12.1 Å². The maximum absolute atomic E-state index is 13.1. The van der Waals surface area contributed by atoms with Gasteiger partial charge in [-0.25, -0.2) is 4.68 Å². The standard InChI is InChI=1S/C25H20Cl2N4O4/c1-2-35-20-10-8-19(9-11-20)28-23(32)22-14-15-13-17(27)5-12-21(15)31(22)30-25(34)24(33)29-18-6-3-16(26)4-7-18/h3-14H,2H2,1H3,(H,28,32)(H,29,33)(H,30,34). The molecule has 3 aromatic carbocycles. The van der Waals surface area contributed by atoms with E-state index in [0.717, 1.165) is 0 Å². The van der Waals surface area contributed by atoms with E-state index in [-0.39, 0.29) is 5.69 Å². The van der Waals surface area contributed by atoms with E-state index in [1.165, 1.54) is 4.68 Å². The van der Waals surface area contributed by atoms with E-state index in [9.17, 15) is 14.4 Å². The molecule has 0 saturated heterocycles. The van der Waals surface area contributed by atoms with Crippen LogP contribution in [0.2, 0.25) is 10.0 Å². The molecule has 4 rings (SSSR count). The summed E-state index contributed by atoms with van der Waals surface area (Å²) in [5, 5.41) is 6.82. The van der Waals surface area contributed by atoms with Gasteiger partial charge in [-0.15, -0.1) is 0 Å². The molecule has 0 unspecified atom stereocenters. The minimum atomic E-state index is -0.970. The highest BCUT2D eigenvalue weighted by Crippen LogP contribution is 2.24. The zero-order chi connectivity index (χ0) is 24.9. The van der Waals surface area contributed by atoms with Gasteiger partial charge in [-0.1, -0.05) is 23.2 Å². The van der Waals surface area contributed by atoms with Gasteiger partial charge in [0.15, 0.2) is 0 Å². The molecule has 0 aliphatic heterocycles. The summed E-state index contributed by atoms with van der Waals surface area (Å²) < 4.78 is 6.66. The van der Waals surface area contributed by atoms with Crippen LogP contribution in [0.15, 0.2) is 72.8 Å². The van der Waals surface area contributed by atoms with E-state index in [1.54, 1.807) is 72.8 Å². The molecule has 0 aliphatic rings. The number of rotatable bonds is 6. The van der Waals surface area contributed by atoms with Crippen LogP contribution in [-0.2, 0) is 9.59 Å². The monoisotopic (exact) mass is 510 g/mol. The van der Waals surface area contributed by atoms with Gasteiger partial charge in [-0.3, -0.25) is 19.8 Å². The van der Waals surface area contributed by atoms with Crippen molar-refractivity contribution < 1.29 is 19.1 Å². The lowest BCUT2D eigenvalue weighted by molar-refractivity contribution is -0.133. The van der Waals surface area contributed by atoms with Crippen LogP contribution < -0.4 is 20.8 Å². The molecule has 0 fully saturated rings. The number of ether oxygens (including phenoxy) is 1. The molecule has 3 amide bonds. The molecule has 0 radical (unpaired) electrons. The van der Waals surface area contributed by atoms with Gasteiger partial charge < -0.3 is 15.4 Å². The third-order valence-corrected chi connectivity index (χ3v) is 5.43. The van der Waals surface area contributed by atoms with E-state index in [2.05, 4.69) is 16.1 Å². The van der Waals surface area contributed by atoms with Crippen LogP contribution in [0.3, 0.4) is 0 Å². The van der Waals surface area contributed by atoms with Crippen LogP contribution in [-0.4, -0.2) is 29.0 Å². The third-order valence-electron chi connectivity index (χ3n) is 4.94. The summed E-state index contributed by atoms with van der Waals surface area (Å²) >= 11 is 12.0. The van der Waals surface area contributed by atoms with Crippen LogP contribution in [0.5, 0.6) is 5.75 Å². The quantitative estimate of drug-likeness (QED) is 0.306. The topological polar surface area (TPSA) is 101 Å². The number of anilines is 2. The normalized spacial score (nSPS) is 10.6. The van der Waals surface area contributed by atoms with Crippen LogP contribution in [0, 0.1) is 0 Å². The fourth-order valence-electron chi connectivity index (χ4n) is 3.34. The lowest BCUT2D eigenvalue weighted by Gasteiger charge is -2.13. The first-order valence-electron chi connectivity index (χ1n) is 10.6. The molecule has 178 valence electrons. The zero-order valence-electron chi connectivity index (χ0n) is 18.5. The number of aromatic nitrogens is 1. The first kappa shape index (κ1) is 24.1. The SMILES string of the molecule is CCOc1ccc(NC(=O)c2cc3cc(Cl)ccc3n2NC(=O)C(=O)Nc2ccc(Cl)cc2)cc1. The Hall–Kier alpha value is -4.01. The van der Waals surface area contributed by atoms with Crippen molar-refractivity contribution in [1.82, 2.24) is 4.68 Å². The van der Waals surface area contributed by atoms with Crippen molar-refractivity contribution in [1.29, 1.82) is 0 Å². The van der Waals surface area contributed by atoms with E-state index in [4.69, 9.17) is 27.9 Å². The van der Waals surface area contributed by atoms with E-state index in [0.29, 0.717) is 44.7 Å². The smallest absolute Gasteiger partial charge is 0.328 e. The summed E-state index contributed by atoms with van der Waals surface area (Å²) in [6.45, 7) is 2.41. The average molecular weight is 511 g/mol. The molecule has 3 N–H and O–H groups in total. The second kappa shape index (κ2) is 10.5. The van der Waals surface area contributed by atoms with Gasteiger partial charge in [0.2, 0.25) is 0 Å². The Morgan fingerprint density at radius 1 is 0.800 bits per heavy atom. The van der Waals surface area contributed by atoms with Crippen molar-refractivity contribution in [2.24, 2.45) is 0 Å². The van der Waals surface area contributed by atoms with Crippen LogP contribution in [0.25, 0.3) is 10.9 Å². The maximum atomic E-state index is 13.1. The molecular formula is C25H20Cl2N4O4. The van der Waals surface area contributed by atoms with E-state index < -0.39 is 17.7 Å². The molecule has 1 heterocycles. The summed E-state index contributed by atoms with van der Waals surface area (Å²) in [4.78, 5) is 38.3. The molecule has 0 spiro atoms. The van der Waals surface area contributed by atoms with Crippen molar-refractivity contribution in [3.05, 3.63) is 88.5 Å². The van der Waals surface area contributed by atoms with E-state index in [1.807, 2.05) is 6.92 Å². The molecule has 35 heavy (non-hydrogen) atoms. The van der Waals surface area contributed by atoms with Gasteiger partial charge in [-0.05, 0) is 79.7 Å². The predicted molar refractivity (Wildman–Crippen MR) is 137 cm³/mol. The Bertz CT molecular complexity index is 1400. The van der Waals surface area contributed by atoms with Crippen LogP contribution in [0.4, 0.5) is 11.4 Å². The fourth-order valence-corrected chi connectivity index (χ4v) is 3.65. The number of nitrogens with one attached hydrogen (secondary N) is 3. The molecule has 10 heteroatoms. The third kappa shape index (κ3) is 5.74. The van der Waals surface area contributed by atoms with Gasteiger partial charge >= 0.3 is 11.8 Å². The van der Waals surface area contributed by atoms with Crippen LogP contribution >= 0.6 is 23.2 Å². The second-order valence-corrected chi connectivity index (χ2v) is 8.25. The maximum Gasteiger partial charge on any atom is 0.328 e. The zero-order valence-corrected chi connectivity index (χ0v) is 20.0. The molecule has 0 saturated carbocycles. The Kier molecular flexibility index (Phi) is 7.24. The lowest BCUT2D eigenvalue weighted by atomic mass is 10.2. The fraction of sp³-hybridized carbons (Fsp3) is 0.0800. The van der Waals surface area contributed by atoms with Gasteiger partial charge in [0.1, 0.15) is 11.4 Å². The highest BCUT2D eigenvalue weighted by molar-refractivity contribution is 6.42. The first-order valence-corrected chi connectivity index (χ1v) is 11.3. The van der Waals surface area contributed by atoms with Crippen molar-refractivity contribution in [2.75, 3.05) is 22.7 Å². The molecular weight excluding hydrogens is 491 g/mol. The summed E-state index contributed by atoms with van der Waals surface area (Å²) in [5.41, 5.74) is 4.00. The number of amides is 3. The molecule has 0 bridgehead atoms. The Morgan fingerprint density at radius 2 is 1.43 bits per heavy atom. The second-order valence-electron chi connectivity index (χ2n) is 7.38. The van der Waals surface area contributed by atoms with Gasteiger partial charge in [0, 0.05) is 26.8 Å². The molecule has 0 atom stereocenters. The molecule has 1 aromatic heterocycles. The van der Waals surface area contributed by atoms with Crippen molar-refractivity contribution in [3.63, 3.8) is 0 Å². The summed E-state index contributed by atoms with van der Waals surface area (Å²) in [7, 11) is 0. The van der Waals surface area contributed by atoms with Crippen LogP contribution in [0.1, 0.15) is 17.4 Å². The number of fused-ring (bicyclic) bond motifs is 1. The lowest BCUT2D eigenvalue weighted by Crippen LogP contribution is -2.36. The molecule has 4 aromatic rings. The largest absolute Gasteiger partial charge is 0.494 e. The number of hydrogen-bond acceptors (Lipinski definition) is 4. The number of benzene rings is 3. The molecule has 0 aliphatic carbocycles. The Labute approximate surface area is 210 Å². The van der Waals surface area contributed by atoms with E-state index >= 15 is 0 Å². The number of carbonyl (C=O) groups is 3. The summed E-state index contributed by atoms with van der Waals surface area (Å²) in [6, 6.07) is 19.7. The summed E-state index contributed by atoms with van der Waals surface area (Å²) in [6.07, 6.45) is 0. The van der Waals surface area contributed by atoms with Crippen molar-refractivity contribution in [2.45, 2.75) is 6.92 Å². The first-order chi connectivity index (χ1) is 16.8. The minimum Gasteiger partial charge on any atom is -0.494 e. The van der Waals surface area contributed by atoms with Gasteiger partial charge in [0.25, 0.3) is 5.91 Å². The van der Waals surface area contributed by atoms with Crippen molar-refractivity contribution >= 4 is 63.2 Å². The number of halogens is 2. The minimum absolute atomic E-state index is 0.101. The number of carbonyl (C=O) groups excluding carboxylic acids is 3. The number of hydrogen-bond donors (Lipinski definition) is 3. The summed E-state index contributed by atoms with van der Waals surface area (Å²) in [5.74, 6) is -1.71. The van der Waals surface area contributed by atoms with Crippen molar-refractivity contribution in [3.8, 4) is 5.75 Å². The van der Waals surface area contributed by atoms with Gasteiger partial charge in [-0.2, -0.15) is 0 Å². The predicted octanol–water partition coefficient (Wildman–Crippen LogP) is 5.31. The number of nitrogens with zero attached hydrogens (tertiary/aromatic N) is 1. The Balaban J connectivity index is 1.58. The average Bonchev–Trinajstić information content (AvgIpc) is 3.19. The Morgan fingerprint density at radius 3 is 2.11 bits per heavy atom. The molecule has 8 nitrogen and oxygen atoms in total.